The molecular formula is C10H10Cl2FNO. The Morgan fingerprint density at radius 3 is 2.53 bits per heavy atom. The molecule has 0 aliphatic rings. The lowest BCUT2D eigenvalue weighted by Crippen LogP contribution is -2.25. The van der Waals surface area contributed by atoms with Crippen molar-refractivity contribution in [3.63, 3.8) is 0 Å². The molecule has 1 aromatic carbocycles. The van der Waals surface area contributed by atoms with Gasteiger partial charge < -0.3 is 4.90 Å². The van der Waals surface area contributed by atoms with Gasteiger partial charge in [0.15, 0.2) is 0 Å². The highest BCUT2D eigenvalue weighted by Gasteiger charge is 2.20. The lowest BCUT2D eigenvalue weighted by atomic mass is 10.1. The van der Waals surface area contributed by atoms with Gasteiger partial charge in [-0.15, -0.1) is 11.6 Å². The molecule has 0 bridgehead atoms. The molecule has 0 aromatic heterocycles. The molecule has 1 amide bonds. The van der Waals surface area contributed by atoms with Crippen molar-refractivity contribution in [3.8, 4) is 0 Å². The summed E-state index contributed by atoms with van der Waals surface area (Å²) >= 11 is 11.4. The Morgan fingerprint density at radius 2 is 2.07 bits per heavy atom. The van der Waals surface area contributed by atoms with Gasteiger partial charge in [-0.1, -0.05) is 17.7 Å². The number of rotatable bonds is 2. The van der Waals surface area contributed by atoms with Crippen LogP contribution in [0.2, 0.25) is 5.02 Å². The van der Waals surface area contributed by atoms with E-state index in [0.717, 1.165) is 0 Å². The number of amides is 1. The number of nitrogens with zero attached hydrogens (tertiary/aromatic N) is 1. The van der Waals surface area contributed by atoms with Crippen molar-refractivity contribution in [3.05, 3.63) is 34.6 Å². The smallest absolute Gasteiger partial charge is 0.244 e. The number of likely N-dealkylation sites (N-methyl/N-ethyl adjacent to an activating group) is 1. The van der Waals surface area contributed by atoms with Crippen molar-refractivity contribution >= 4 is 29.1 Å². The van der Waals surface area contributed by atoms with Gasteiger partial charge in [0.1, 0.15) is 11.2 Å². The van der Waals surface area contributed by atoms with E-state index in [1.807, 2.05) is 0 Å². The van der Waals surface area contributed by atoms with Gasteiger partial charge in [-0.2, -0.15) is 0 Å². The number of hydrogen-bond acceptors (Lipinski definition) is 1. The minimum atomic E-state index is -0.883. The summed E-state index contributed by atoms with van der Waals surface area (Å²) in [7, 11) is 3.17. The largest absolute Gasteiger partial charge is 0.347 e. The molecule has 0 saturated heterocycles. The minimum Gasteiger partial charge on any atom is -0.347 e. The first-order valence-electron chi connectivity index (χ1n) is 4.23. The van der Waals surface area contributed by atoms with Crippen LogP contribution in [0.25, 0.3) is 0 Å². The zero-order valence-electron chi connectivity index (χ0n) is 8.30. The van der Waals surface area contributed by atoms with Crippen LogP contribution < -0.4 is 0 Å². The average molecular weight is 250 g/mol. The molecule has 0 spiro atoms. The molecule has 1 aromatic rings. The molecule has 0 N–H and O–H groups in total. The number of hydrogen-bond donors (Lipinski definition) is 0. The van der Waals surface area contributed by atoms with E-state index in [-0.39, 0.29) is 10.9 Å². The maximum Gasteiger partial charge on any atom is 0.244 e. The second-order valence-electron chi connectivity index (χ2n) is 3.27. The van der Waals surface area contributed by atoms with Crippen LogP contribution in [-0.2, 0) is 4.79 Å². The fourth-order valence-electron chi connectivity index (χ4n) is 1.04. The Morgan fingerprint density at radius 1 is 1.47 bits per heavy atom. The highest BCUT2D eigenvalue weighted by atomic mass is 35.5. The molecule has 2 nitrogen and oxygen atoms in total. The van der Waals surface area contributed by atoms with Gasteiger partial charge in [-0.3, -0.25) is 4.79 Å². The molecule has 5 heteroatoms. The van der Waals surface area contributed by atoms with Crippen LogP contribution in [0.4, 0.5) is 4.39 Å². The Labute approximate surface area is 97.6 Å². The first-order valence-corrected chi connectivity index (χ1v) is 5.05. The Kier molecular flexibility index (Phi) is 3.94. The predicted molar refractivity (Wildman–Crippen MR) is 58.7 cm³/mol. The lowest BCUT2D eigenvalue weighted by molar-refractivity contribution is -0.128. The van der Waals surface area contributed by atoms with Gasteiger partial charge in [-0.25, -0.2) is 4.39 Å². The van der Waals surface area contributed by atoms with Gasteiger partial charge >= 0.3 is 0 Å². The molecule has 0 radical (unpaired) electrons. The minimum absolute atomic E-state index is 0.0138. The van der Waals surface area contributed by atoms with E-state index in [9.17, 15) is 9.18 Å². The van der Waals surface area contributed by atoms with Crippen LogP contribution >= 0.6 is 23.2 Å². The number of alkyl halides is 1. The SMILES string of the molecule is CN(C)C(=O)C(Cl)c1ccc(Cl)c(F)c1. The summed E-state index contributed by atoms with van der Waals surface area (Å²) in [5.74, 6) is -0.871. The molecule has 1 rings (SSSR count). The van der Waals surface area contributed by atoms with Crippen LogP contribution in [0, 0.1) is 5.82 Å². The summed E-state index contributed by atoms with van der Waals surface area (Å²) in [6.07, 6.45) is 0. The zero-order chi connectivity index (χ0) is 11.6. The van der Waals surface area contributed by atoms with E-state index in [4.69, 9.17) is 23.2 Å². The first-order chi connectivity index (χ1) is 6.93. The van der Waals surface area contributed by atoms with Gasteiger partial charge in [0, 0.05) is 14.1 Å². The molecule has 82 valence electrons. The lowest BCUT2D eigenvalue weighted by Gasteiger charge is -2.15. The molecule has 0 saturated carbocycles. The third kappa shape index (κ3) is 2.83. The van der Waals surface area contributed by atoms with Crippen molar-refractivity contribution in [2.45, 2.75) is 5.38 Å². The second kappa shape index (κ2) is 4.81. The molecule has 0 aliphatic carbocycles. The van der Waals surface area contributed by atoms with E-state index in [1.165, 1.54) is 23.1 Å². The highest BCUT2D eigenvalue weighted by Crippen LogP contribution is 2.25. The van der Waals surface area contributed by atoms with Crippen molar-refractivity contribution in [2.24, 2.45) is 0 Å². The summed E-state index contributed by atoms with van der Waals surface area (Å²) in [4.78, 5) is 12.8. The van der Waals surface area contributed by atoms with Crippen LogP contribution in [-0.4, -0.2) is 24.9 Å². The van der Waals surface area contributed by atoms with Crippen molar-refractivity contribution < 1.29 is 9.18 Å². The topological polar surface area (TPSA) is 20.3 Å². The van der Waals surface area contributed by atoms with E-state index < -0.39 is 11.2 Å². The molecule has 1 unspecified atom stereocenters. The first kappa shape index (κ1) is 12.3. The van der Waals surface area contributed by atoms with Crippen molar-refractivity contribution in [2.75, 3.05) is 14.1 Å². The summed E-state index contributed by atoms with van der Waals surface area (Å²) in [5, 5.41) is -0.869. The van der Waals surface area contributed by atoms with Gasteiger partial charge in [-0.05, 0) is 17.7 Å². The fraction of sp³-hybridized carbons (Fsp3) is 0.300. The summed E-state index contributed by atoms with van der Waals surface area (Å²) in [5.41, 5.74) is 0.400. The van der Waals surface area contributed by atoms with E-state index in [1.54, 1.807) is 14.1 Å². The van der Waals surface area contributed by atoms with E-state index >= 15 is 0 Å². The van der Waals surface area contributed by atoms with Crippen LogP contribution in [0.1, 0.15) is 10.9 Å². The molecule has 0 heterocycles. The monoisotopic (exact) mass is 249 g/mol. The predicted octanol–water partition coefficient (Wildman–Crippen LogP) is 2.85. The van der Waals surface area contributed by atoms with Gasteiger partial charge in [0.05, 0.1) is 5.02 Å². The average Bonchev–Trinajstić information content (AvgIpc) is 2.19. The third-order valence-electron chi connectivity index (χ3n) is 1.89. The number of halogens is 3. The molecule has 0 fully saturated rings. The summed E-state index contributed by atoms with van der Waals surface area (Å²) in [6, 6.07) is 4.08. The second-order valence-corrected chi connectivity index (χ2v) is 4.11. The van der Waals surface area contributed by atoms with Crippen molar-refractivity contribution in [1.29, 1.82) is 0 Å². The van der Waals surface area contributed by atoms with E-state index in [0.29, 0.717) is 5.56 Å². The molecule has 0 aliphatic heterocycles. The Balaban J connectivity index is 2.97. The normalized spacial score (nSPS) is 12.3. The molecular weight excluding hydrogens is 240 g/mol. The summed E-state index contributed by atoms with van der Waals surface area (Å²) in [6.45, 7) is 0. The zero-order valence-corrected chi connectivity index (χ0v) is 9.81. The summed E-state index contributed by atoms with van der Waals surface area (Å²) < 4.78 is 13.1. The maximum absolute atomic E-state index is 13.1. The fourth-order valence-corrected chi connectivity index (χ4v) is 1.49. The standard InChI is InChI=1S/C10H10Cl2FNO/c1-14(2)10(15)9(12)6-3-4-7(11)8(13)5-6/h3-5,9H,1-2H3. The highest BCUT2D eigenvalue weighted by molar-refractivity contribution is 6.31. The third-order valence-corrected chi connectivity index (χ3v) is 2.64. The quantitative estimate of drug-likeness (QED) is 0.739. The van der Waals surface area contributed by atoms with Gasteiger partial charge in [0.2, 0.25) is 5.91 Å². The van der Waals surface area contributed by atoms with Gasteiger partial charge in [0.25, 0.3) is 0 Å². The Bertz CT molecular complexity index is 382. The van der Waals surface area contributed by atoms with Crippen LogP contribution in [0.15, 0.2) is 18.2 Å². The van der Waals surface area contributed by atoms with E-state index in [2.05, 4.69) is 0 Å². The number of carbonyl (C=O) groups is 1. The molecule has 1 atom stereocenters. The van der Waals surface area contributed by atoms with Crippen LogP contribution in [0.5, 0.6) is 0 Å². The maximum atomic E-state index is 13.1. The number of carbonyl (C=O) groups excluding carboxylic acids is 1. The Hall–Kier alpha value is -0.800. The number of benzene rings is 1. The molecule has 15 heavy (non-hydrogen) atoms. The van der Waals surface area contributed by atoms with Crippen LogP contribution in [0.3, 0.4) is 0 Å². The van der Waals surface area contributed by atoms with Crippen molar-refractivity contribution in [1.82, 2.24) is 4.90 Å².